The standard InChI is InChI=1S/C10H17/c1-3-4-10-7-5-9(2)6-8-10/h3,5,10H,4,6-8H2,1-2H3/q+1. The Labute approximate surface area is 64.3 Å². The largest absolute Gasteiger partial charge is 0.0903 e. The first-order chi connectivity index (χ1) is 4.83. The summed E-state index contributed by atoms with van der Waals surface area (Å²) in [5.41, 5.74) is 1.59. The van der Waals surface area contributed by atoms with Crippen LogP contribution in [0, 0.1) is 12.3 Å². The third-order valence-electron chi connectivity index (χ3n) is 2.32. The maximum atomic E-state index is 2.40. The van der Waals surface area contributed by atoms with E-state index in [0.717, 1.165) is 5.92 Å². The van der Waals surface area contributed by atoms with E-state index in [1.807, 2.05) is 0 Å². The molecule has 1 rings (SSSR count). The van der Waals surface area contributed by atoms with Gasteiger partial charge in [0.05, 0.1) is 19.8 Å². The summed E-state index contributed by atoms with van der Waals surface area (Å²) in [7, 11) is 0. The van der Waals surface area contributed by atoms with Crippen LogP contribution in [0.2, 0.25) is 0 Å². The second kappa shape index (κ2) is 3.70. The topological polar surface area (TPSA) is 0 Å². The minimum absolute atomic E-state index is 0.952. The van der Waals surface area contributed by atoms with Crippen LogP contribution in [0.4, 0.5) is 0 Å². The molecule has 0 amide bonds. The van der Waals surface area contributed by atoms with Gasteiger partial charge in [-0.05, 0) is 26.2 Å². The molecule has 0 aliphatic heterocycles. The Morgan fingerprint density at radius 1 is 1.70 bits per heavy atom. The summed E-state index contributed by atoms with van der Waals surface area (Å²) in [4.78, 5) is 0. The molecule has 1 atom stereocenters. The zero-order valence-electron chi connectivity index (χ0n) is 7.06. The quantitative estimate of drug-likeness (QED) is 0.404. The third-order valence-corrected chi connectivity index (χ3v) is 2.32. The lowest BCUT2D eigenvalue weighted by Crippen LogP contribution is -2.03. The number of hydrogen-bond acceptors (Lipinski definition) is 0. The van der Waals surface area contributed by atoms with Gasteiger partial charge in [-0.3, -0.25) is 0 Å². The smallest absolute Gasteiger partial charge is 0.0852 e. The highest BCUT2D eigenvalue weighted by atomic mass is 14.2. The molecule has 0 aromatic carbocycles. The maximum Gasteiger partial charge on any atom is 0.0903 e. The SMILES string of the molecule is C[CH+]CC1CC=C(C)CC1. The summed E-state index contributed by atoms with van der Waals surface area (Å²) >= 11 is 0. The summed E-state index contributed by atoms with van der Waals surface area (Å²) in [5.74, 6) is 0.952. The lowest BCUT2D eigenvalue weighted by atomic mass is 9.87. The highest BCUT2D eigenvalue weighted by Crippen LogP contribution is 2.25. The van der Waals surface area contributed by atoms with Gasteiger partial charge in [0.15, 0.2) is 0 Å². The Morgan fingerprint density at radius 2 is 2.50 bits per heavy atom. The molecule has 0 bridgehead atoms. The van der Waals surface area contributed by atoms with E-state index < -0.39 is 0 Å². The number of hydrogen-bond donors (Lipinski definition) is 0. The van der Waals surface area contributed by atoms with Crippen molar-refractivity contribution in [3.63, 3.8) is 0 Å². The second-order valence-corrected chi connectivity index (χ2v) is 3.33. The van der Waals surface area contributed by atoms with Gasteiger partial charge in [-0.2, -0.15) is 0 Å². The van der Waals surface area contributed by atoms with Crippen molar-refractivity contribution < 1.29 is 0 Å². The molecule has 1 unspecified atom stereocenters. The van der Waals surface area contributed by atoms with Crippen LogP contribution in [0.25, 0.3) is 0 Å². The van der Waals surface area contributed by atoms with Crippen molar-refractivity contribution in [1.29, 1.82) is 0 Å². The fourth-order valence-corrected chi connectivity index (χ4v) is 1.57. The maximum absolute atomic E-state index is 2.40. The van der Waals surface area contributed by atoms with Gasteiger partial charge >= 0.3 is 0 Å². The van der Waals surface area contributed by atoms with E-state index in [1.54, 1.807) is 5.57 Å². The molecule has 0 aromatic heterocycles. The molecular formula is C10H17+. The Kier molecular flexibility index (Phi) is 2.85. The minimum Gasteiger partial charge on any atom is -0.0852 e. The van der Waals surface area contributed by atoms with Gasteiger partial charge in [-0.25, -0.2) is 0 Å². The molecule has 1 aliphatic rings. The van der Waals surface area contributed by atoms with E-state index in [9.17, 15) is 0 Å². The molecule has 56 valence electrons. The predicted molar refractivity (Wildman–Crippen MR) is 45.7 cm³/mol. The fraction of sp³-hybridized carbons (Fsp3) is 0.700. The van der Waals surface area contributed by atoms with Crippen molar-refractivity contribution in [2.75, 3.05) is 0 Å². The average Bonchev–Trinajstić information content (AvgIpc) is 1.95. The zero-order valence-corrected chi connectivity index (χ0v) is 7.06. The Morgan fingerprint density at radius 3 is 3.00 bits per heavy atom. The molecule has 0 spiro atoms. The molecule has 0 nitrogen and oxygen atoms in total. The molecule has 0 radical (unpaired) electrons. The number of allylic oxidation sites excluding steroid dienone is 2. The van der Waals surface area contributed by atoms with Crippen LogP contribution in [0.3, 0.4) is 0 Å². The molecule has 0 aromatic rings. The van der Waals surface area contributed by atoms with Gasteiger partial charge in [0.1, 0.15) is 0 Å². The van der Waals surface area contributed by atoms with E-state index in [2.05, 4.69) is 26.3 Å². The van der Waals surface area contributed by atoms with Gasteiger partial charge in [0.25, 0.3) is 0 Å². The molecule has 0 N–H and O–H groups in total. The average molecular weight is 137 g/mol. The van der Waals surface area contributed by atoms with Crippen LogP contribution >= 0.6 is 0 Å². The molecule has 0 heterocycles. The molecule has 0 heteroatoms. The van der Waals surface area contributed by atoms with Crippen LogP contribution in [0.5, 0.6) is 0 Å². The number of rotatable bonds is 2. The van der Waals surface area contributed by atoms with E-state index in [1.165, 1.54) is 25.7 Å². The molecule has 0 saturated carbocycles. The van der Waals surface area contributed by atoms with E-state index >= 15 is 0 Å². The van der Waals surface area contributed by atoms with E-state index in [-0.39, 0.29) is 0 Å². The van der Waals surface area contributed by atoms with Gasteiger partial charge in [-0.1, -0.05) is 11.6 Å². The Hall–Kier alpha value is -0.390. The van der Waals surface area contributed by atoms with Crippen molar-refractivity contribution in [2.45, 2.75) is 39.5 Å². The van der Waals surface area contributed by atoms with Crippen LogP contribution in [0.1, 0.15) is 39.5 Å². The van der Waals surface area contributed by atoms with Gasteiger partial charge in [0.2, 0.25) is 0 Å². The first-order valence-corrected chi connectivity index (χ1v) is 4.26. The minimum atomic E-state index is 0.952. The highest BCUT2D eigenvalue weighted by molar-refractivity contribution is 5.03. The van der Waals surface area contributed by atoms with Crippen LogP contribution in [0.15, 0.2) is 11.6 Å². The third kappa shape index (κ3) is 2.09. The fourth-order valence-electron chi connectivity index (χ4n) is 1.57. The zero-order chi connectivity index (χ0) is 7.40. The molecule has 0 saturated heterocycles. The van der Waals surface area contributed by atoms with Gasteiger partial charge < -0.3 is 0 Å². The van der Waals surface area contributed by atoms with E-state index in [4.69, 9.17) is 0 Å². The van der Waals surface area contributed by atoms with Crippen LogP contribution in [-0.2, 0) is 0 Å². The van der Waals surface area contributed by atoms with Gasteiger partial charge in [-0.15, -0.1) is 0 Å². The lowest BCUT2D eigenvalue weighted by Gasteiger charge is -2.16. The van der Waals surface area contributed by atoms with Crippen molar-refractivity contribution in [1.82, 2.24) is 0 Å². The Balaban J connectivity index is 2.27. The second-order valence-electron chi connectivity index (χ2n) is 3.33. The van der Waals surface area contributed by atoms with Crippen molar-refractivity contribution in [3.8, 4) is 0 Å². The summed E-state index contributed by atoms with van der Waals surface area (Å²) < 4.78 is 0. The first kappa shape index (κ1) is 7.71. The van der Waals surface area contributed by atoms with Crippen molar-refractivity contribution in [3.05, 3.63) is 18.1 Å². The molecular weight excluding hydrogens is 120 g/mol. The summed E-state index contributed by atoms with van der Waals surface area (Å²) in [6.07, 6.45) is 10.1. The molecule has 1 aliphatic carbocycles. The highest BCUT2D eigenvalue weighted by Gasteiger charge is 2.13. The van der Waals surface area contributed by atoms with E-state index in [0.29, 0.717) is 0 Å². The summed E-state index contributed by atoms with van der Waals surface area (Å²) in [6.45, 7) is 4.40. The van der Waals surface area contributed by atoms with Crippen molar-refractivity contribution >= 4 is 0 Å². The summed E-state index contributed by atoms with van der Waals surface area (Å²) in [5, 5.41) is 0. The van der Waals surface area contributed by atoms with Crippen LogP contribution in [-0.4, -0.2) is 0 Å². The first-order valence-electron chi connectivity index (χ1n) is 4.26. The molecule has 10 heavy (non-hydrogen) atoms. The summed E-state index contributed by atoms with van der Waals surface area (Å²) in [6, 6.07) is 0. The van der Waals surface area contributed by atoms with Crippen LogP contribution < -0.4 is 0 Å². The molecule has 0 fully saturated rings. The lowest BCUT2D eigenvalue weighted by molar-refractivity contribution is 0.464. The predicted octanol–water partition coefficient (Wildman–Crippen LogP) is 3.35. The Bertz CT molecular complexity index is 122. The monoisotopic (exact) mass is 137 g/mol. The van der Waals surface area contributed by atoms with Crippen molar-refractivity contribution in [2.24, 2.45) is 5.92 Å². The normalized spacial score (nSPS) is 25.8. The van der Waals surface area contributed by atoms with Gasteiger partial charge in [0, 0.05) is 5.92 Å².